The molecule has 0 bridgehead atoms. The van der Waals surface area contributed by atoms with Crippen molar-refractivity contribution in [3.63, 3.8) is 0 Å². The van der Waals surface area contributed by atoms with Gasteiger partial charge in [-0.3, -0.25) is 0 Å². The van der Waals surface area contributed by atoms with Gasteiger partial charge in [0.05, 0.1) is 0 Å². The minimum Gasteiger partial charge on any atom is -0.480 e. The van der Waals surface area contributed by atoms with Crippen LogP contribution in [0.2, 0.25) is 0 Å². The predicted molar refractivity (Wildman–Crippen MR) is 64.4 cm³/mol. The molecule has 6 nitrogen and oxygen atoms in total. The molecule has 0 aromatic rings. The number of aliphatic carboxylic acids is 1. The zero-order valence-corrected chi connectivity index (χ0v) is 11.3. The minimum atomic E-state index is -4.37. The molecule has 0 saturated heterocycles. The Bertz CT molecular complexity index is 336. The molecule has 0 aliphatic carbocycles. The zero-order valence-electron chi connectivity index (χ0n) is 11.3. The Kier molecular flexibility index (Phi) is 7.33. The van der Waals surface area contributed by atoms with Crippen LogP contribution in [0, 0.1) is 0 Å². The van der Waals surface area contributed by atoms with Crippen LogP contribution in [0.3, 0.4) is 0 Å². The Morgan fingerprint density at radius 2 is 1.90 bits per heavy atom. The lowest BCUT2D eigenvalue weighted by molar-refractivity contribution is -0.173. The van der Waals surface area contributed by atoms with Gasteiger partial charge in [0, 0.05) is 13.2 Å². The number of carbonyl (C=O) groups is 2. The number of rotatable bonds is 8. The molecule has 9 heteroatoms. The van der Waals surface area contributed by atoms with Crippen LogP contribution < -0.4 is 10.6 Å². The summed E-state index contributed by atoms with van der Waals surface area (Å²) in [4.78, 5) is 22.3. The summed E-state index contributed by atoms with van der Waals surface area (Å²) in [7, 11) is 0. The van der Waals surface area contributed by atoms with E-state index < -0.39 is 30.3 Å². The highest BCUT2D eigenvalue weighted by Crippen LogP contribution is 2.14. The number of amides is 2. The quantitative estimate of drug-likeness (QED) is 0.593. The summed E-state index contributed by atoms with van der Waals surface area (Å²) in [6.45, 7) is 1.58. The van der Waals surface area contributed by atoms with Crippen molar-refractivity contribution in [2.45, 2.75) is 38.4 Å². The molecule has 118 valence electrons. The van der Waals surface area contributed by atoms with E-state index in [4.69, 9.17) is 5.11 Å². The van der Waals surface area contributed by atoms with Gasteiger partial charge >= 0.3 is 18.2 Å². The second kappa shape index (κ2) is 7.93. The molecule has 0 aliphatic heterocycles. The van der Waals surface area contributed by atoms with Crippen molar-refractivity contribution in [2.24, 2.45) is 0 Å². The van der Waals surface area contributed by atoms with Gasteiger partial charge in [0.25, 0.3) is 0 Å². The molecule has 0 saturated carbocycles. The molecule has 0 fully saturated rings. The van der Waals surface area contributed by atoms with Crippen molar-refractivity contribution in [3.05, 3.63) is 0 Å². The molecule has 1 unspecified atom stereocenters. The summed E-state index contributed by atoms with van der Waals surface area (Å²) >= 11 is 0. The van der Waals surface area contributed by atoms with Crippen molar-refractivity contribution < 1.29 is 32.6 Å². The Morgan fingerprint density at radius 3 is 2.35 bits per heavy atom. The number of halogens is 3. The van der Waals surface area contributed by atoms with E-state index in [1.807, 2.05) is 0 Å². The summed E-state index contributed by atoms with van der Waals surface area (Å²) in [5.74, 6) is -1.16. The van der Waals surface area contributed by atoms with E-state index in [-0.39, 0.29) is 26.0 Å². The number of nitrogens with one attached hydrogen (secondary N) is 2. The van der Waals surface area contributed by atoms with Gasteiger partial charge < -0.3 is 20.5 Å². The van der Waals surface area contributed by atoms with Crippen molar-refractivity contribution >= 4 is 12.0 Å². The molecule has 0 spiro atoms. The second-order valence-electron chi connectivity index (χ2n) is 4.39. The SMILES string of the molecule is CCC(C)(NC(=O)NCCCOCC(F)(F)F)C(=O)O. The molecular weight excluding hydrogens is 281 g/mol. The van der Waals surface area contributed by atoms with Crippen molar-refractivity contribution in [2.75, 3.05) is 19.8 Å². The van der Waals surface area contributed by atoms with Gasteiger partial charge in [-0.25, -0.2) is 9.59 Å². The van der Waals surface area contributed by atoms with Crippen LogP contribution in [-0.2, 0) is 9.53 Å². The van der Waals surface area contributed by atoms with E-state index in [1.54, 1.807) is 6.92 Å². The first kappa shape index (κ1) is 18.5. The molecule has 3 N–H and O–H groups in total. The maximum atomic E-state index is 11.7. The van der Waals surface area contributed by atoms with Crippen LogP contribution in [0.4, 0.5) is 18.0 Å². The lowest BCUT2D eigenvalue weighted by Gasteiger charge is -2.24. The number of hydrogen-bond donors (Lipinski definition) is 3. The lowest BCUT2D eigenvalue weighted by atomic mass is 10.00. The number of carboxylic acid groups (broad SMARTS) is 1. The first-order chi connectivity index (χ1) is 9.10. The first-order valence-corrected chi connectivity index (χ1v) is 6.04. The van der Waals surface area contributed by atoms with Crippen LogP contribution in [-0.4, -0.2) is 48.6 Å². The van der Waals surface area contributed by atoms with Crippen LogP contribution in [0.15, 0.2) is 0 Å². The van der Waals surface area contributed by atoms with Crippen molar-refractivity contribution in [1.29, 1.82) is 0 Å². The predicted octanol–water partition coefficient (Wildman–Crippen LogP) is 1.51. The highest BCUT2D eigenvalue weighted by atomic mass is 19.4. The summed E-state index contributed by atoms with van der Waals surface area (Å²) in [5.41, 5.74) is -1.38. The monoisotopic (exact) mass is 300 g/mol. The van der Waals surface area contributed by atoms with E-state index in [2.05, 4.69) is 15.4 Å². The van der Waals surface area contributed by atoms with Crippen molar-refractivity contribution in [3.8, 4) is 0 Å². The number of ether oxygens (including phenoxy) is 1. The third-order valence-corrected chi connectivity index (χ3v) is 2.59. The number of hydrogen-bond acceptors (Lipinski definition) is 3. The normalized spacial score (nSPS) is 14.4. The Balaban J connectivity index is 3.82. The Hall–Kier alpha value is -1.51. The number of urea groups is 1. The molecular formula is C11H19F3N2O4. The maximum Gasteiger partial charge on any atom is 0.411 e. The van der Waals surface area contributed by atoms with Crippen LogP contribution in [0.25, 0.3) is 0 Å². The molecule has 0 radical (unpaired) electrons. The van der Waals surface area contributed by atoms with Gasteiger partial charge in [0.2, 0.25) is 0 Å². The molecule has 0 rings (SSSR count). The van der Waals surface area contributed by atoms with Gasteiger partial charge in [0.15, 0.2) is 0 Å². The average Bonchev–Trinajstić information content (AvgIpc) is 2.31. The van der Waals surface area contributed by atoms with Gasteiger partial charge in [-0.1, -0.05) is 6.92 Å². The van der Waals surface area contributed by atoms with E-state index in [0.717, 1.165) is 0 Å². The van der Waals surface area contributed by atoms with Gasteiger partial charge in [-0.05, 0) is 19.8 Å². The van der Waals surface area contributed by atoms with Crippen LogP contribution in [0.1, 0.15) is 26.7 Å². The maximum absolute atomic E-state index is 11.7. The van der Waals surface area contributed by atoms with E-state index in [1.165, 1.54) is 6.92 Å². The lowest BCUT2D eigenvalue weighted by Crippen LogP contribution is -2.54. The van der Waals surface area contributed by atoms with E-state index in [0.29, 0.717) is 0 Å². The Labute approximate surface area is 114 Å². The standard InChI is InChI=1S/C11H19F3N2O4/c1-3-10(2,8(17)18)16-9(19)15-5-4-6-20-7-11(12,13)14/h3-7H2,1-2H3,(H,17,18)(H2,15,16,19). The minimum absolute atomic E-state index is 0.0864. The van der Waals surface area contributed by atoms with Gasteiger partial charge in [-0.15, -0.1) is 0 Å². The molecule has 0 aliphatic rings. The molecule has 0 aromatic heterocycles. The second-order valence-corrected chi connectivity index (χ2v) is 4.39. The molecule has 0 heterocycles. The first-order valence-electron chi connectivity index (χ1n) is 6.04. The molecule has 20 heavy (non-hydrogen) atoms. The summed E-state index contributed by atoms with van der Waals surface area (Å²) in [6.07, 6.45) is -3.97. The fourth-order valence-corrected chi connectivity index (χ4v) is 1.15. The highest BCUT2D eigenvalue weighted by Gasteiger charge is 2.32. The topological polar surface area (TPSA) is 87.7 Å². The molecule has 2 amide bonds. The molecule has 0 aromatic carbocycles. The zero-order chi connectivity index (χ0) is 15.8. The smallest absolute Gasteiger partial charge is 0.411 e. The van der Waals surface area contributed by atoms with Gasteiger partial charge in [-0.2, -0.15) is 13.2 Å². The fourth-order valence-electron chi connectivity index (χ4n) is 1.15. The molecule has 1 atom stereocenters. The van der Waals surface area contributed by atoms with Crippen LogP contribution >= 0.6 is 0 Å². The summed E-state index contributed by atoms with van der Waals surface area (Å²) < 4.78 is 39.5. The van der Waals surface area contributed by atoms with Gasteiger partial charge in [0.1, 0.15) is 12.1 Å². The van der Waals surface area contributed by atoms with E-state index in [9.17, 15) is 22.8 Å². The third kappa shape index (κ3) is 7.82. The Morgan fingerprint density at radius 1 is 1.30 bits per heavy atom. The summed E-state index contributed by atoms with van der Waals surface area (Å²) in [6, 6.07) is -0.687. The summed E-state index contributed by atoms with van der Waals surface area (Å²) in [5, 5.41) is 13.6. The average molecular weight is 300 g/mol. The number of carbonyl (C=O) groups excluding carboxylic acids is 1. The highest BCUT2D eigenvalue weighted by molar-refractivity contribution is 5.85. The van der Waals surface area contributed by atoms with Crippen molar-refractivity contribution in [1.82, 2.24) is 10.6 Å². The number of carboxylic acids is 1. The van der Waals surface area contributed by atoms with E-state index >= 15 is 0 Å². The number of alkyl halides is 3. The third-order valence-electron chi connectivity index (χ3n) is 2.59. The van der Waals surface area contributed by atoms with Crippen LogP contribution in [0.5, 0.6) is 0 Å². The largest absolute Gasteiger partial charge is 0.480 e. The fraction of sp³-hybridized carbons (Fsp3) is 0.818.